The second kappa shape index (κ2) is 12.5. The number of fused-ring (bicyclic) bond motifs is 1. The van der Waals surface area contributed by atoms with Crippen LogP contribution in [0.5, 0.6) is 0 Å². The quantitative estimate of drug-likeness (QED) is 0.546. The van der Waals surface area contributed by atoms with E-state index in [1.807, 2.05) is 51.6 Å². The number of aliphatic hydroxyl groups is 1. The minimum atomic E-state index is -0.666. The molecular formula is C28H43N5O3. The van der Waals surface area contributed by atoms with Gasteiger partial charge in [0.05, 0.1) is 11.8 Å². The first-order valence-electron chi connectivity index (χ1n) is 13.4. The maximum Gasteiger partial charge on any atom is 0.243 e. The summed E-state index contributed by atoms with van der Waals surface area (Å²) in [5, 5.41) is 21.2. The first-order valence-corrected chi connectivity index (χ1v) is 13.4. The maximum absolute atomic E-state index is 13.1. The molecule has 3 atom stereocenters. The molecule has 0 aliphatic carbocycles. The average molecular weight is 498 g/mol. The summed E-state index contributed by atoms with van der Waals surface area (Å²) in [6, 6.07) is 5.64. The van der Waals surface area contributed by atoms with Crippen molar-refractivity contribution in [2.24, 2.45) is 11.8 Å². The molecule has 2 aromatic rings. The van der Waals surface area contributed by atoms with E-state index in [4.69, 9.17) is 0 Å². The van der Waals surface area contributed by atoms with Crippen molar-refractivity contribution in [3.05, 3.63) is 41.1 Å². The number of hydrogen-bond donors (Lipinski definition) is 3. The largest absolute Gasteiger partial charge is 0.391 e. The Hall–Kier alpha value is -2.71. The van der Waals surface area contributed by atoms with Crippen molar-refractivity contribution in [2.75, 3.05) is 13.1 Å². The summed E-state index contributed by atoms with van der Waals surface area (Å²) >= 11 is 0. The Morgan fingerprint density at radius 1 is 1.19 bits per heavy atom. The molecule has 1 aromatic carbocycles. The standard InChI is InChI=1S/C26H37N5O3.C2H6/c1-5-31-23(9-11-29-31)21-7-6-18(20-8-10-27-14-22(20)21)13-28-25(33)24-12-19(32)15-30(24)26(34)17(4)16(2)3;1-2/h6-7,9,11,16-17,19,24,27,32H,5,8,10,12-15H2,1-4H3,(H,28,33);1-2H3. The molecule has 4 rings (SSSR count). The lowest BCUT2D eigenvalue weighted by Gasteiger charge is -2.28. The van der Waals surface area contributed by atoms with Crippen LogP contribution in [-0.4, -0.2) is 56.8 Å². The van der Waals surface area contributed by atoms with E-state index in [1.165, 1.54) is 16.7 Å². The zero-order valence-electron chi connectivity index (χ0n) is 22.7. The molecule has 0 radical (unpaired) electrons. The van der Waals surface area contributed by atoms with Gasteiger partial charge in [0.2, 0.25) is 11.8 Å². The molecule has 1 saturated heterocycles. The summed E-state index contributed by atoms with van der Waals surface area (Å²) in [5.41, 5.74) is 5.91. The van der Waals surface area contributed by atoms with Gasteiger partial charge in [-0.3, -0.25) is 14.3 Å². The summed E-state index contributed by atoms with van der Waals surface area (Å²) in [4.78, 5) is 27.6. The van der Waals surface area contributed by atoms with Crippen molar-refractivity contribution in [2.45, 2.75) is 86.2 Å². The molecule has 0 bridgehead atoms. The van der Waals surface area contributed by atoms with Gasteiger partial charge < -0.3 is 20.6 Å². The van der Waals surface area contributed by atoms with Gasteiger partial charge in [-0.25, -0.2) is 0 Å². The highest BCUT2D eigenvalue weighted by Crippen LogP contribution is 2.31. The zero-order chi connectivity index (χ0) is 26.4. The summed E-state index contributed by atoms with van der Waals surface area (Å²) in [5.74, 6) is -0.274. The Labute approximate surface area is 215 Å². The van der Waals surface area contributed by atoms with Gasteiger partial charge >= 0.3 is 0 Å². The number of nitrogens with zero attached hydrogens (tertiary/aromatic N) is 3. The number of aryl methyl sites for hydroxylation is 1. The van der Waals surface area contributed by atoms with Crippen LogP contribution < -0.4 is 10.6 Å². The molecule has 8 heteroatoms. The fourth-order valence-electron chi connectivity index (χ4n) is 5.05. The highest BCUT2D eigenvalue weighted by Gasteiger charge is 2.40. The first-order chi connectivity index (χ1) is 17.3. The lowest BCUT2D eigenvalue weighted by molar-refractivity contribution is -0.142. The highest BCUT2D eigenvalue weighted by atomic mass is 16.3. The van der Waals surface area contributed by atoms with Crippen LogP contribution in [0.15, 0.2) is 24.4 Å². The highest BCUT2D eigenvalue weighted by molar-refractivity contribution is 5.89. The van der Waals surface area contributed by atoms with Crippen molar-refractivity contribution in [1.82, 2.24) is 25.3 Å². The van der Waals surface area contributed by atoms with E-state index in [1.54, 1.807) is 4.90 Å². The molecule has 198 valence electrons. The Morgan fingerprint density at radius 3 is 2.64 bits per heavy atom. The molecule has 3 heterocycles. The van der Waals surface area contributed by atoms with Crippen molar-refractivity contribution in [1.29, 1.82) is 0 Å². The Kier molecular flexibility index (Phi) is 9.68. The second-order valence-electron chi connectivity index (χ2n) is 9.83. The van der Waals surface area contributed by atoms with Gasteiger partial charge in [-0.1, -0.05) is 46.8 Å². The third-order valence-electron chi connectivity index (χ3n) is 7.38. The molecule has 2 aliphatic rings. The number of carbonyl (C=O) groups is 2. The molecule has 8 nitrogen and oxygen atoms in total. The van der Waals surface area contributed by atoms with Crippen LogP contribution in [0.25, 0.3) is 11.3 Å². The van der Waals surface area contributed by atoms with Crippen molar-refractivity contribution in [3.63, 3.8) is 0 Å². The topological polar surface area (TPSA) is 99.5 Å². The van der Waals surface area contributed by atoms with Crippen molar-refractivity contribution < 1.29 is 14.7 Å². The third-order valence-corrected chi connectivity index (χ3v) is 7.38. The van der Waals surface area contributed by atoms with Crippen LogP contribution >= 0.6 is 0 Å². The van der Waals surface area contributed by atoms with E-state index < -0.39 is 12.1 Å². The van der Waals surface area contributed by atoms with Crippen LogP contribution in [-0.2, 0) is 35.6 Å². The number of likely N-dealkylation sites (tertiary alicyclic amines) is 1. The minimum Gasteiger partial charge on any atom is -0.391 e. The predicted molar refractivity (Wildman–Crippen MR) is 142 cm³/mol. The van der Waals surface area contributed by atoms with E-state index in [2.05, 4.69) is 34.8 Å². The van der Waals surface area contributed by atoms with Crippen molar-refractivity contribution in [3.8, 4) is 11.3 Å². The van der Waals surface area contributed by atoms with Gasteiger partial charge in [0.25, 0.3) is 0 Å². The number of carbonyl (C=O) groups excluding carboxylic acids is 2. The normalized spacial score (nSPS) is 19.9. The van der Waals surface area contributed by atoms with Gasteiger partial charge in [-0.2, -0.15) is 5.10 Å². The molecule has 3 unspecified atom stereocenters. The molecular weight excluding hydrogens is 454 g/mol. The second-order valence-corrected chi connectivity index (χ2v) is 9.83. The number of rotatable bonds is 7. The summed E-state index contributed by atoms with van der Waals surface area (Å²) < 4.78 is 2.00. The maximum atomic E-state index is 13.1. The lowest BCUT2D eigenvalue weighted by Crippen LogP contribution is -2.48. The van der Waals surface area contributed by atoms with Crippen LogP contribution in [0.3, 0.4) is 0 Å². The molecule has 2 aliphatic heterocycles. The number of hydrogen-bond acceptors (Lipinski definition) is 5. The van der Waals surface area contributed by atoms with E-state index in [9.17, 15) is 14.7 Å². The van der Waals surface area contributed by atoms with E-state index >= 15 is 0 Å². The summed E-state index contributed by atoms with van der Waals surface area (Å²) in [6.45, 7) is 15.1. The van der Waals surface area contributed by atoms with Gasteiger partial charge in [0, 0.05) is 50.3 Å². The predicted octanol–water partition coefficient (Wildman–Crippen LogP) is 3.11. The Balaban J connectivity index is 0.00000176. The minimum absolute atomic E-state index is 0.0629. The molecule has 36 heavy (non-hydrogen) atoms. The molecule has 0 spiro atoms. The summed E-state index contributed by atoms with van der Waals surface area (Å²) in [6.07, 6.45) is 2.34. The fraction of sp³-hybridized carbons (Fsp3) is 0.607. The SMILES string of the molecule is CC.CCn1nccc1-c1ccc(CNC(=O)C2CC(O)CN2C(=O)C(C)C(C)C)c2c1CNCC2. The lowest BCUT2D eigenvalue weighted by atomic mass is 9.90. The van der Waals surface area contributed by atoms with Gasteiger partial charge in [0.15, 0.2) is 0 Å². The van der Waals surface area contributed by atoms with Crippen LogP contribution in [0.4, 0.5) is 0 Å². The number of aromatic nitrogens is 2. The molecule has 2 amide bonds. The van der Waals surface area contributed by atoms with Crippen LogP contribution in [0, 0.1) is 11.8 Å². The molecule has 1 fully saturated rings. The zero-order valence-corrected chi connectivity index (χ0v) is 22.7. The van der Waals surface area contributed by atoms with E-state index in [0.717, 1.165) is 37.3 Å². The van der Waals surface area contributed by atoms with E-state index in [-0.39, 0.29) is 36.6 Å². The van der Waals surface area contributed by atoms with Gasteiger partial charge in [-0.15, -0.1) is 0 Å². The van der Waals surface area contributed by atoms with Gasteiger partial charge in [-0.05, 0) is 48.6 Å². The smallest absolute Gasteiger partial charge is 0.243 e. The monoisotopic (exact) mass is 497 g/mol. The Bertz CT molecular complexity index is 1050. The molecule has 0 saturated carbocycles. The number of nitrogens with one attached hydrogen (secondary N) is 2. The van der Waals surface area contributed by atoms with Gasteiger partial charge in [0.1, 0.15) is 6.04 Å². The number of amides is 2. The van der Waals surface area contributed by atoms with Crippen LogP contribution in [0.2, 0.25) is 0 Å². The first kappa shape index (κ1) is 27.9. The third kappa shape index (κ3) is 5.81. The molecule has 1 aromatic heterocycles. The van der Waals surface area contributed by atoms with Crippen molar-refractivity contribution >= 4 is 11.8 Å². The number of β-amino-alcohol motifs (C(OH)–C–C–N with tert-alkyl or cyclic N) is 1. The average Bonchev–Trinajstić information content (AvgIpc) is 3.53. The molecule has 3 N–H and O–H groups in total. The van der Waals surface area contributed by atoms with E-state index in [0.29, 0.717) is 6.54 Å². The number of aliphatic hydroxyl groups excluding tert-OH is 1. The summed E-state index contributed by atoms with van der Waals surface area (Å²) in [7, 11) is 0. The Morgan fingerprint density at radius 2 is 1.94 bits per heavy atom. The number of benzene rings is 1. The van der Waals surface area contributed by atoms with Crippen LogP contribution in [0.1, 0.15) is 64.7 Å². The fourth-order valence-corrected chi connectivity index (χ4v) is 5.05.